The van der Waals surface area contributed by atoms with Gasteiger partial charge in [0, 0.05) is 20.5 Å². The van der Waals surface area contributed by atoms with E-state index in [2.05, 4.69) is 27.0 Å². The molecule has 0 aliphatic carbocycles. The first-order valence-corrected chi connectivity index (χ1v) is 15.9. The van der Waals surface area contributed by atoms with Gasteiger partial charge in [-0.05, 0) is 68.1 Å². The van der Waals surface area contributed by atoms with E-state index in [9.17, 15) is 14.9 Å². The van der Waals surface area contributed by atoms with E-state index in [4.69, 9.17) is 9.47 Å². The number of halogens is 1. The molecule has 0 saturated heterocycles. The summed E-state index contributed by atoms with van der Waals surface area (Å²) in [5.41, 5.74) is 3.38. The van der Waals surface area contributed by atoms with Gasteiger partial charge in [-0.1, -0.05) is 57.6 Å². The van der Waals surface area contributed by atoms with Crippen LogP contribution >= 0.6 is 39.0 Å². The number of hydrogen-bond donors (Lipinski definition) is 0. The second-order valence-corrected chi connectivity index (χ2v) is 12.1. The topological polar surface area (TPSA) is 93.7 Å². The number of allylic oxidation sites excluding steroid dienone is 1. The lowest BCUT2D eigenvalue weighted by Crippen LogP contribution is -2.39. The normalized spacial score (nSPS) is 14.6. The van der Waals surface area contributed by atoms with E-state index in [0.29, 0.717) is 37.5 Å². The van der Waals surface area contributed by atoms with Crippen molar-refractivity contribution in [3.05, 3.63) is 124 Å². The predicted molar refractivity (Wildman–Crippen MR) is 168 cm³/mol. The van der Waals surface area contributed by atoms with Crippen LogP contribution in [-0.4, -0.2) is 23.4 Å². The Hall–Kier alpha value is -3.91. The molecule has 0 saturated carbocycles. The number of esters is 1. The Bertz CT molecular complexity index is 1920. The number of benzene rings is 3. The van der Waals surface area contributed by atoms with E-state index in [1.165, 1.54) is 11.3 Å². The molecular weight excluding hydrogens is 634 g/mol. The summed E-state index contributed by atoms with van der Waals surface area (Å²) in [5.74, 6) is 0.0664. The SMILES string of the molecule is CCOC(=O)C1=C(C)N=c2sc(=Cc3cc(Br)ccc3OCc3ccccc3C#N)c(=O)n2C1c1ccc(SC)cc1. The molecule has 5 rings (SSSR count). The van der Waals surface area contributed by atoms with Gasteiger partial charge in [-0.15, -0.1) is 11.8 Å². The maximum Gasteiger partial charge on any atom is 0.338 e. The summed E-state index contributed by atoms with van der Waals surface area (Å²) < 4.78 is 14.4. The van der Waals surface area contributed by atoms with Crippen molar-refractivity contribution in [3.63, 3.8) is 0 Å². The summed E-state index contributed by atoms with van der Waals surface area (Å²) in [6, 6.07) is 22.2. The molecule has 2 heterocycles. The van der Waals surface area contributed by atoms with E-state index in [-0.39, 0.29) is 18.8 Å². The van der Waals surface area contributed by atoms with Crippen molar-refractivity contribution in [1.29, 1.82) is 5.26 Å². The highest BCUT2D eigenvalue weighted by Crippen LogP contribution is 2.32. The Balaban J connectivity index is 1.62. The Morgan fingerprint density at radius 2 is 1.95 bits per heavy atom. The molecule has 1 unspecified atom stereocenters. The van der Waals surface area contributed by atoms with Crippen LogP contribution in [0.1, 0.15) is 42.1 Å². The van der Waals surface area contributed by atoms with Crippen LogP contribution in [0.3, 0.4) is 0 Å². The second kappa shape index (κ2) is 12.9. The van der Waals surface area contributed by atoms with Crippen LogP contribution < -0.4 is 19.6 Å². The number of ether oxygens (including phenoxy) is 2. The maximum atomic E-state index is 14.0. The Kier molecular flexibility index (Phi) is 9.12. The Morgan fingerprint density at radius 3 is 2.67 bits per heavy atom. The lowest BCUT2D eigenvalue weighted by molar-refractivity contribution is -0.139. The molecule has 0 N–H and O–H groups in total. The highest BCUT2D eigenvalue weighted by molar-refractivity contribution is 9.10. The maximum absolute atomic E-state index is 14.0. The molecule has 0 radical (unpaired) electrons. The minimum atomic E-state index is -0.681. The fourth-order valence-electron chi connectivity index (χ4n) is 4.71. The third-order valence-electron chi connectivity index (χ3n) is 6.73. The van der Waals surface area contributed by atoms with Crippen molar-refractivity contribution in [2.24, 2.45) is 4.99 Å². The lowest BCUT2D eigenvalue weighted by Gasteiger charge is -2.24. The van der Waals surface area contributed by atoms with E-state index < -0.39 is 12.0 Å². The number of carbonyl (C=O) groups is 1. The number of nitrogens with zero attached hydrogens (tertiary/aromatic N) is 3. The van der Waals surface area contributed by atoms with E-state index >= 15 is 0 Å². The third-order valence-corrected chi connectivity index (χ3v) is 8.95. The summed E-state index contributed by atoms with van der Waals surface area (Å²) in [7, 11) is 0. The number of rotatable bonds is 8. The van der Waals surface area contributed by atoms with Crippen LogP contribution in [0.2, 0.25) is 0 Å². The van der Waals surface area contributed by atoms with Gasteiger partial charge >= 0.3 is 5.97 Å². The van der Waals surface area contributed by atoms with Crippen LogP contribution in [0.15, 0.2) is 97.2 Å². The summed E-state index contributed by atoms with van der Waals surface area (Å²) in [4.78, 5) is 33.4. The number of nitriles is 1. The molecule has 10 heteroatoms. The van der Waals surface area contributed by atoms with Gasteiger partial charge in [0.05, 0.1) is 40.1 Å². The number of carbonyl (C=O) groups excluding carboxylic acids is 1. The summed E-state index contributed by atoms with van der Waals surface area (Å²) in [6.07, 6.45) is 3.77. The molecule has 0 spiro atoms. The molecule has 1 aromatic heterocycles. The molecule has 3 aromatic carbocycles. The van der Waals surface area contributed by atoms with E-state index in [1.807, 2.05) is 66.9 Å². The van der Waals surface area contributed by atoms with Crippen LogP contribution in [-0.2, 0) is 16.1 Å². The van der Waals surface area contributed by atoms with Crippen LogP contribution in [0.25, 0.3) is 6.08 Å². The van der Waals surface area contributed by atoms with Gasteiger partial charge in [-0.2, -0.15) is 5.26 Å². The van der Waals surface area contributed by atoms with Gasteiger partial charge in [-0.3, -0.25) is 9.36 Å². The molecule has 1 aliphatic rings. The van der Waals surface area contributed by atoms with Crippen molar-refractivity contribution >= 4 is 51.1 Å². The van der Waals surface area contributed by atoms with Crippen molar-refractivity contribution in [2.45, 2.75) is 31.4 Å². The van der Waals surface area contributed by atoms with Crippen LogP contribution in [0.4, 0.5) is 0 Å². The highest BCUT2D eigenvalue weighted by atomic mass is 79.9. The molecule has 1 aliphatic heterocycles. The molecule has 212 valence electrons. The fraction of sp³-hybridized carbons (Fsp3) is 0.188. The number of thiazole rings is 1. The average Bonchev–Trinajstić information content (AvgIpc) is 3.30. The van der Waals surface area contributed by atoms with Gasteiger partial charge in [0.2, 0.25) is 0 Å². The highest BCUT2D eigenvalue weighted by Gasteiger charge is 2.33. The standard InChI is InChI=1S/C32H26BrN3O4S2/c1-4-39-31(38)28-19(2)35-32-36(29(28)20-9-12-25(41-3)13-10-20)30(37)27(42-32)16-23-15-24(33)11-14-26(23)40-18-22-8-6-5-7-21(22)17-34/h5-16,29H,4,18H2,1-3H3. The summed E-state index contributed by atoms with van der Waals surface area (Å²) in [5, 5.41) is 9.45. The Labute approximate surface area is 259 Å². The number of thioether (sulfide) groups is 1. The molecule has 0 bridgehead atoms. The van der Waals surface area contributed by atoms with E-state index in [1.54, 1.807) is 42.3 Å². The second-order valence-electron chi connectivity index (χ2n) is 9.32. The smallest absolute Gasteiger partial charge is 0.338 e. The predicted octanol–water partition coefficient (Wildman–Crippen LogP) is 5.73. The zero-order valence-corrected chi connectivity index (χ0v) is 26.3. The molecule has 42 heavy (non-hydrogen) atoms. The molecule has 1 atom stereocenters. The van der Waals surface area contributed by atoms with Gasteiger partial charge in [-0.25, -0.2) is 9.79 Å². The molecule has 0 fully saturated rings. The first-order valence-electron chi connectivity index (χ1n) is 13.1. The van der Waals surface area contributed by atoms with Crippen LogP contribution in [0.5, 0.6) is 5.75 Å². The zero-order valence-electron chi connectivity index (χ0n) is 23.1. The first kappa shape index (κ1) is 29.6. The van der Waals surface area contributed by atoms with Crippen LogP contribution in [0, 0.1) is 11.3 Å². The van der Waals surface area contributed by atoms with Crippen molar-refractivity contribution < 1.29 is 14.3 Å². The molecule has 7 nitrogen and oxygen atoms in total. The third kappa shape index (κ3) is 6.00. The molecule has 4 aromatic rings. The van der Waals surface area contributed by atoms with Crippen molar-refractivity contribution in [2.75, 3.05) is 12.9 Å². The zero-order chi connectivity index (χ0) is 29.8. The number of aromatic nitrogens is 1. The summed E-state index contributed by atoms with van der Waals surface area (Å²) in [6.45, 7) is 3.93. The Morgan fingerprint density at radius 1 is 1.19 bits per heavy atom. The number of hydrogen-bond acceptors (Lipinski definition) is 8. The lowest BCUT2D eigenvalue weighted by atomic mass is 9.96. The van der Waals surface area contributed by atoms with Gasteiger partial charge < -0.3 is 9.47 Å². The van der Waals surface area contributed by atoms with Crippen molar-refractivity contribution in [1.82, 2.24) is 4.57 Å². The van der Waals surface area contributed by atoms with Gasteiger partial charge in [0.1, 0.15) is 12.4 Å². The van der Waals surface area contributed by atoms with Crippen molar-refractivity contribution in [3.8, 4) is 11.8 Å². The van der Waals surface area contributed by atoms with E-state index in [0.717, 1.165) is 20.5 Å². The largest absolute Gasteiger partial charge is 0.488 e. The first-order chi connectivity index (χ1) is 20.3. The molecule has 0 amide bonds. The molecular formula is C32H26BrN3O4S2. The average molecular weight is 661 g/mol. The number of fused-ring (bicyclic) bond motifs is 1. The summed E-state index contributed by atoms with van der Waals surface area (Å²) >= 11 is 6.39. The minimum absolute atomic E-state index is 0.196. The van der Waals surface area contributed by atoms with Gasteiger partial charge in [0.15, 0.2) is 4.80 Å². The monoisotopic (exact) mass is 659 g/mol. The fourth-order valence-corrected chi connectivity index (χ4v) is 6.53. The minimum Gasteiger partial charge on any atom is -0.488 e. The quantitative estimate of drug-likeness (QED) is 0.177. The van der Waals surface area contributed by atoms with Gasteiger partial charge in [0.25, 0.3) is 5.56 Å².